The van der Waals surface area contributed by atoms with Crippen molar-refractivity contribution in [2.24, 2.45) is 7.05 Å². The summed E-state index contributed by atoms with van der Waals surface area (Å²) < 4.78 is 29.5. The first-order chi connectivity index (χ1) is 9.88. The molecule has 1 N–H and O–H groups in total. The lowest BCUT2D eigenvalue weighted by atomic mass is 10.3. The van der Waals surface area contributed by atoms with E-state index in [9.17, 15) is 13.2 Å². The summed E-state index contributed by atoms with van der Waals surface area (Å²) in [5, 5.41) is 2.71. The Bertz CT molecular complexity index is 606. The Morgan fingerprint density at radius 1 is 1.48 bits per heavy atom. The number of ether oxygens (including phenoxy) is 1. The zero-order valence-corrected chi connectivity index (χ0v) is 13.4. The highest BCUT2D eigenvalue weighted by molar-refractivity contribution is 8.13. The number of carbonyl (C=O) groups is 1. The van der Waals surface area contributed by atoms with Gasteiger partial charge in [0.1, 0.15) is 10.6 Å². The smallest absolute Gasteiger partial charge is 0.268 e. The summed E-state index contributed by atoms with van der Waals surface area (Å²) in [7, 11) is 3.02. The zero-order chi connectivity index (χ0) is 15.5. The van der Waals surface area contributed by atoms with Gasteiger partial charge in [0, 0.05) is 30.5 Å². The summed E-state index contributed by atoms with van der Waals surface area (Å²) >= 11 is 0. The zero-order valence-electron chi connectivity index (χ0n) is 11.8. The Hall–Kier alpha value is -1.05. The van der Waals surface area contributed by atoms with Crippen molar-refractivity contribution in [3.63, 3.8) is 0 Å². The molecule has 1 fully saturated rings. The first-order valence-electron chi connectivity index (χ1n) is 6.89. The molecule has 0 unspecified atom stereocenters. The third-order valence-corrected chi connectivity index (χ3v) is 4.86. The van der Waals surface area contributed by atoms with Crippen LogP contribution < -0.4 is 5.32 Å². The monoisotopic (exact) mass is 334 g/mol. The van der Waals surface area contributed by atoms with Crippen LogP contribution in [0, 0.1) is 0 Å². The molecule has 1 aromatic heterocycles. The van der Waals surface area contributed by atoms with Crippen LogP contribution in [0.25, 0.3) is 0 Å². The summed E-state index contributed by atoms with van der Waals surface area (Å²) in [5.41, 5.74) is 0.245. The first kappa shape index (κ1) is 16.3. The van der Waals surface area contributed by atoms with Gasteiger partial charge < -0.3 is 14.6 Å². The van der Waals surface area contributed by atoms with Crippen LogP contribution in [0.15, 0.2) is 17.2 Å². The molecule has 2 rings (SSSR count). The molecule has 1 aliphatic rings. The quantitative estimate of drug-likeness (QED) is 0.633. The van der Waals surface area contributed by atoms with E-state index >= 15 is 0 Å². The molecule has 1 amide bonds. The van der Waals surface area contributed by atoms with Crippen molar-refractivity contribution in [3.05, 3.63) is 18.0 Å². The number of halogens is 1. The molecule has 0 aliphatic heterocycles. The fourth-order valence-corrected chi connectivity index (χ4v) is 3.22. The van der Waals surface area contributed by atoms with Crippen molar-refractivity contribution < 1.29 is 17.9 Å². The molecule has 1 saturated carbocycles. The van der Waals surface area contributed by atoms with E-state index in [0.717, 1.165) is 12.8 Å². The summed E-state index contributed by atoms with van der Waals surface area (Å²) in [6.07, 6.45) is 6.20. The van der Waals surface area contributed by atoms with E-state index in [1.54, 1.807) is 7.05 Å². The van der Waals surface area contributed by atoms with Crippen molar-refractivity contribution in [1.29, 1.82) is 0 Å². The number of amides is 1. The number of hydrogen-bond acceptors (Lipinski definition) is 4. The molecule has 21 heavy (non-hydrogen) atoms. The summed E-state index contributed by atoms with van der Waals surface area (Å²) in [6.45, 7) is 0.852. The number of carbonyl (C=O) groups excluding carboxylic acids is 1. The van der Waals surface area contributed by atoms with Crippen LogP contribution in [0.1, 0.15) is 36.2 Å². The maximum Gasteiger partial charge on any atom is 0.268 e. The van der Waals surface area contributed by atoms with Gasteiger partial charge in [0.05, 0.1) is 12.7 Å². The van der Waals surface area contributed by atoms with Crippen LogP contribution in [-0.4, -0.2) is 38.1 Å². The second-order valence-corrected chi connectivity index (χ2v) is 7.71. The van der Waals surface area contributed by atoms with Gasteiger partial charge in [-0.25, -0.2) is 8.42 Å². The Balaban J connectivity index is 1.84. The molecule has 0 atom stereocenters. The number of rotatable bonds is 6. The number of nitrogens with one attached hydrogen (secondary N) is 1. The van der Waals surface area contributed by atoms with Gasteiger partial charge in [-0.2, -0.15) is 0 Å². The Labute approximate surface area is 128 Å². The largest absolute Gasteiger partial charge is 0.376 e. The lowest BCUT2D eigenvalue weighted by Crippen LogP contribution is -2.29. The summed E-state index contributed by atoms with van der Waals surface area (Å²) in [5.74, 6) is -0.348. The van der Waals surface area contributed by atoms with Gasteiger partial charge in [0.25, 0.3) is 15.0 Å². The lowest BCUT2D eigenvalue weighted by Gasteiger charge is -2.11. The number of hydrogen-bond donors (Lipinski definition) is 1. The highest BCUT2D eigenvalue weighted by atomic mass is 35.7. The standard InChI is InChI=1S/C13H19ClN2O4S/c1-16-9-11(21(14,18)19)8-12(16)13(17)15-6-7-20-10-4-2-3-5-10/h8-10H,2-7H2,1H3,(H,15,17). The fourth-order valence-electron chi connectivity index (χ4n) is 2.43. The minimum atomic E-state index is -3.83. The fraction of sp³-hybridized carbons (Fsp3) is 0.615. The van der Waals surface area contributed by atoms with Gasteiger partial charge in [-0.15, -0.1) is 0 Å². The Morgan fingerprint density at radius 3 is 2.71 bits per heavy atom. The minimum absolute atomic E-state index is 0.0842. The van der Waals surface area contributed by atoms with Crippen LogP contribution in [0.3, 0.4) is 0 Å². The maximum atomic E-state index is 12.0. The topological polar surface area (TPSA) is 77.4 Å². The molecular formula is C13H19ClN2O4S. The van der Waals surface area contributed by atoms with Crippen molar-refractivity contribution in [2.75, 3.05) is 13.2 Å². The molecule has 0 saturated heterocycles. The van der Waals surface area contributed by atoms with Crippen LogP contribution in [0.5, 0.6) is 0 Å². The molecular weight excluding hydrogens is 316 g/mol. The van der Waals surface area contributed by atoms with E-state index in [4.69, 9.17) is 15.4 Å². The van der Waals surface area contributed by atoms with Crippen molar-refractivity contribution in [2.45, 2.75) is 36.7 Å². The van der Waals surface area contributed by atoms with E-state index in [0.29, 0.717) is 19.3 Å². The van der Waals surface area contributed by atoms with Gasteiger partial charge in [-0.1, -0.05) is 12.8 Å². The SMILES string of the molecule is Cn1cc(S(=O)(=O)Cl)cc1C(=O)NCCOC1CCCC1. The molecule has 0 aromatic carbocycles. The van der Waals surface area contributed by atoms with Crippen molar-refractivity contribution in [3.8, 4) is 0 Å². The lowest BCUT2D eigenvalue weighted by molar-refractivity contribution is 0.0580. The third-order valence-electron chi connectivity index (χ3n) is 3.54. The summed E-state index contributed by atoms with van der Waals surface area (Å²) in [4.78, 5) is 11.9. The molecule has 6 nitrogen and oxygen atoms in total. The van der Waals surface area contributed by atoms with E-state index in [-0.39, 0.29) is 16.5 Å². The maximum absolute atomic E-state index is 12.0. The molecule has 0 spiro atoms. The predicted molar refractivity (Wildman–Crippen MR) is 79.0 cm³/mol. The Kier molecular flexibility index (Phi) is 5.29. The van der Waals surface area contributed by atoms with E-state index in [2.05, 4.69) is 5.32 Å². The van der Waals surface area contributed by atoms with E-state index in [1.165, 1.54) is 29.7 Å². The van der Waals surface area contributed by atoms with Gasteiger partial charge >= 0.3 is 0 Å². The minimum Gasteiger partial charge on any atom is -0.376 e. The van der Waals surface area contributed by atoms with Crippen molar-refractivity contribution >= 4 is 25.6 Å². The first-order valence-corrected chi connectivity index (χ1v) is 9.19. The second-order valence-electron chi connectivity index (χ2n) is 5.14. The van der Waals surface area contributed by atoms with Gasteiger partial charge in [0.2, 0.25) is 0 Å². The molecule has 1 heterocycles. The number of aromatic nitrogens is 1. The second kappa shape index (κ2) is 6.81. The van der Waals surface area contributed by atoms with Crippen molar-refractivity contribution in [1.82, 2.24) is 9.88 Å². The van der Waals surface area contributed by atoms with Gasteiger partial charge in [0.15, 0.2) is 0 Å². The van der Waals surface area contributed by atoms with Crippen LogP contribution in [-0.2, 0) is 20.8 Å². The van der Waals surface area contributed by atoms with E-state index < -0.39 is 9.05 Å². The average molecular weight is 335 g/mol. The number of nitrogens with zero attached hydrogens (tertiary/aromatic N) is 1. The van der Waals surface area contributed by atoms with Crippen LogP contribution in [0.4, 0.5) is 0 Å². The number of aryl methyl sites for hydroxylation is 1. The van der Waals surface area contributed by atoms with E-state index in [1.807, 2.05) is 0 Å². The molecule has 1 aliphatic carbocycles. The molecule has 0 radical (unpaired) electrons. The van der Waals surface area contributed by atoms with Crippen LogP contribution >= 0.6 is 10.7 Å². The average Bonchev–Trinajstić information content (AvgIpc) is 3.02. The predicted octanol–water partition coefficient (Wildman–Crippen LogP) is 1.64. The molecule has 8 heteroatoms. The molecule has 118 valence electrons. The highest BCUT2D eigenvalue weighted by Crippen LogP contribution is 2.20. The molecule has 1 aromatic rings. The van der Waals surface area contributed by atoms with Gasteiger partial charge in [-0.3, -0.25) is 4.79 Å². The van der Waals surface area contributed by atoms with Gasteiger partial charge in [-0.05, 0) is 18.9 Å². The summed E-state index contributed by atoms with van der Waals surface area (Å²) in [6, 6.07) is 1.26. The molecule has 0 bridgehead atoms. The highest BCUT2D eigenvalue weighted by Gasteiger charge is 2.19. The normalized spacial score (nSPS) is 16.3. The van der Waals surface area contributed by atoms with Crippen LogP contribution in [0.2, 0.25) is 0 Å². The third kappa shape index (κ3) is 4.46. The Morgan fingerprint density at radius 2 is 2.14 bits per heavy atom.